The van der Waals surface area contributed by atoms with E-state index in [4.69, 9.17) is 18.9 Å². The highest BCUT2D eigenvalue weighted by atomic mass is 16.6. The molecule has 4 saturated heterocycles. The molecule has 212 valence electrons. The largest absolute Gasteiger partial charge is 0.508 e. The molecule has 0 radical (unpaired) electrons. The van der Waals surface area contributed by atoms with E-state index in [1.807, 2.05) is 12.1 Å². The van der Waals surface area contributed by atoms with E-state index in [0.29, 0.717) is 63.2 Å². The topological polar surface area (TPSA) is 131 Å². The van der Waals surface area contributed by atoms with Gasteiger partial charge in [0.25, 0.3) is 0 Å². The molecule has 4 aliphatic heterocycles. The van der Waals surface area contributed by atoms with Crippen LogP contribution in [0.5, 0.6) is 23.0 Å². The lowest BCUT2D eigenvalue weighted by Gasteiger charge is -2.22. The summed E-state index contributed by atoms with van der Waals surface area (Å²) >= 11 is 0. The molecule has 4 atom stereocenters. The van der Waals surface area contributed by atoms with E-state index >= 15 is 0 Å². The van der Waals surface area contributed by atoms with Crippen LogP contribution in [-0.4, -0.2) is 71.3 Å². The van der Waals surface area contributed by atoms with Gasteiger partial charge in [0, 0.05) is 54.4 Å². The minimum Gasteiger partial charge on any atom is -0.508 e. The number of benzene rings is 4. The fourth-order valence-electron chi connectivity index (χ4n) is 6.42. The Morgan fingerprint density at radius 3 is 1.15 bits per heavy atom. The van der Waals surface area contributed by atoms with E-state index in [1.54, 1.807) is 24.3 Å². The van der Waals surface area contributed by atoms with Crippen molar-refractivity contribution in [2.75, 3.05) is 26.4 Å². The number of hydrogen-bond donors (Lipinski definition) is 4. The molecule has 0 amide bonds. The average Bonchev–Trinajstić information content (AvgIpc) is 3.77. The Bertz CT molecular complexity index is 1570. The Morgan fingerprint density at radius 2 is 0.805 bits per heavy atom. The molecule has 4 aliphatic rings. The van der Waals surface area contributed by atoms with Gasteiger partial charge in [-0.2, -0.15) is 0 Å². The van der Waals surface area contributed by atoms with Crippen LogP contribution in [-0.2, 0) is 51.1 Å². The standard InChI is InChI=1S/C33H32O8/c34-16-1-3-22-24(5-16)30(32(36)28(9-20-14-40-20)26(22)7-18-12-38-18)11-31-25-6-17(35)2-4-23(25)27(8-19-13-39-19)29(33(31)37)10-21-15-41-21/h1-6,18-21,34-37H,7-15H2. The average molecular weight is 557 g/mol. The molecule has 4 aromatic carbocycles. The molecule has 0 bridgehead atoms. The summed E-state index contributed by atoms with van der Waals surface area (Å²) in [6, 6.07) is 10.5. The quantitative estimate of drug-likeness (QED) is 0.214. The lowest BCUT2D eigenvalue weighted by molar-refractivity contribution is 0.395. The highest BCUT2D eigenvalue weighted by Gasteiger charge is 2.34. The first-order chi connectivity index (χ1) is 19.9. The van der Waals surface area contributed by atoms with Crippen molar-refractivity contribution in [3.05, 3.63) is 69.8 Å². The lowest BCUT2D eigenvalue weighted by Crippen LogP contribution is -2.09. The summed E-state index contributed by atoms with van der Waals surface area (Å²) in [6.07, 6.45) is 3.04. The van der Waals surface area contributed by atoms with E-state index in [1.165, 1.54) is 0 Å². The lowest BCUT2D eigenvalue weighted by atomic mass is 9.83. The molecular weight excluding hydrogens is 524 g/mol. The van der Waals surface area contributed by atoms with Crippen molar-refractivity contribution < 1.29 is 39.4 Å². The van der Waals surface area contributed by atoms with Crippen LogP contribution >= 0.6 is 0 Å². The van der Waals surface area contributed by atoms with Gasteiger partial charge in [-0.05, 0) is 56.9 Å². The monoisotopic (exact) mass is 556 g/mol. The van der Waals surface area contributed by atoms with Gasteiger partial charge in [-0.15, -0.1) is 0 Å². The third kappa shape index (κ3) is 4.85. The van der Waals surface area contributed by atoms with Crippen molar-refractivity contribution in [2.24, 2.45) is 0 Å². The van der Waals surface area contributed by atoms with Gasteiger partial charge in [-0.25, -0.2) is 0 Å². The molecule has 4 aromatic rings. The van der Waals surface area contributed by atoms with Crippen molar-refractivity contribution >= 4 is 21.5 Å². The third-order valence-electron chi connectivity index (χ3n) is 8.87. The number of rotatable bonds is 10. The molecule has 4 fully saturated rings. The van der Waals surface area contributed by atoms with E-state index in [-0.39, 0.29) is 53.8 Å². The van der Waals surface area contributed by atoms with Crippen molar-refractivity contribution in [1.29, 1.82) is 0 Å². The molecule has 4 heterocycles. The van der Waals surface area contributed by atoms with Crippen LogP contribution in [0, 0.1) is 0 Å². The fraction of sp³-hybridized carbons (Fsp3) is 0.394. The minimum absolute atomic E-state index is 0.0578. The van der Waals surface area contributed by atoms with Crippen molar-refractivity contribution in [3.63, 3.8) is 0 Å². The Kier molecular flexibility index (Phi) is 5.83. The molecule has 8 rings (SSSR count). The Hall–Kier alpha value is -3.56. The predicted octanol–water partition coefficient (Wildman–Crippen LogP) is 4.17. The number of hydrogen-bond acceptors (Lipinski definition) is 8. The first kappa shape index (κ1) is 25.2. The minimum atomic E-state index is 0.0578. The van der Waals surface area contributed by atoms with Gasteiger partial charge < -0.3 is 39.4 Å². The molecular formula is C33H32O8. The van der Waals surface area contributed by atoms with E-state index in [9.17, 15) is 20.4 Å². The van der Waals surface area contributed by atoms with Crippen LogP contribution in [0.3, 0.4) is 0 Å². The van der Waals surface area contributed by atoms with Crippen molar-refractivity contribution in [2.45, 2.75) is 56.5 Å². The molecule has 8 nitrogen and oxygen atoms in total. The number of fused-ring (bicyclic) bond motifs is 2. The summed E-state index contributed by atoms with van der Waals surface area (Å²) in [6.45, 7) is 2.70. The summed E-state index contributed by atoms with van der Waals surface area (Å²) in [5.41, 5.74) is 4.93. The first-order valence-electron chi connectivity index (χ1n) is 14.4. The molecule has 0 spiro atoms. The summed E-state index contributed by atoms with van der Waals surface area (Å²) in [5.74, 6) is 0.514. The Balaban J connectivity index is 1.35. The molecule has 0 aliphatic carbocycles. The van der Waals surface area contributed by atoms with Crippen LogP contribution in [0.4, 0.5) is 0 Å². The summed E-state index contributed by atoms with van der Waals surface area (Å²) in [7, 11) is 0. The van der Waals surface area contributed by atoms with Crippen molar-refractivity contribution in [1.82, 2.24) is 0 Å². The van der Waals surface area contributed by atoms with Gasteiger partial charge in [-0.1, -0.05) is 12.1 Å². The van der Waals surface area contributed by atoms with Crippen LogP contribution in [0.2, 0.25) is 0 Å². The highest BCUT2D eigenvalue weighted by molar-refractivity contribution is 5.97. The van der Waals surface area contributed by atoms with Crippen LogP contribution in [0.15, 0.2) is 36.4 Å². The first-order valence-corrected chi connectivity index (χ1v) is 14.4. The fourth-order valence-corrected chi connectivity index (χ4v) is 6.42. The smallest absolute Gasteiger partial charge is 0.123 e. The Morgan fingerprint density at radius 1 is 0.463 bits per heavy atom. The summed E-state index contributed by atoms with van der Waals surface area (Å²) in [5, 5.41) is 48.2. The second-order valence-corrected chi connectivity index (χ2v) is 11.8. The molecule has 4 N–H and O–H groups in total. The van der Waals surface area contributed by atoms with Gasteiger partial charge in [0.05, 0.1) is 50.8 Å². The van der Waals surface area contributed by atoms with Crippen LogP contribution in [0.25, 0.3) is 21.5 Å². The van der Waals surface area contributed by atoms with Gasteiger partial charge in [-0.3, -0.25) is 0 Å². The summed E-state index contributed by atoms with van der Waals surface area (Å²) < 4.78 is 22.2. The van der Waals surface area contributed by atoms with Crippen LogP contribution < -0.4 is 0 Å². The zero-order chi connectivity index (χ0) is 27.8. The number of phenolic OH excluding ortho intramolecular Hbond substituents is 4. The predicted molar refractivity (Wildman–Crippen MR) is 151 cm³/mol. The zero-order valence-electron chi connectivity index (χ0n) is 22.6. The van der Waals surface area contributed by atoms with Crippen LogP contribution in [0.1, 0.15) is 33.4 Å². The maximum Gasteiger partial charge on any atom is 0.123 e. The number of epoxide rings is 4. The van der Waals surface area contributed by atoms with Gasteiger partial charge in [0.2, 0.25) is 0 Å². The Labute approximate surface area is 236 Å². The maximum atomic E-state index is 11.9. The van der Waals surface area contributed by atoms with Gasteiger partial charge in [0.15, 0.2) is 0 Å². The van der Waals surface area contributed by atoms with Crippen molar-refractivity contribution in [3.8, 4) is 23.0 Å². The number of aromatic hydroxyl groups is 4. The number of phenols is 4. The number of ether oxygens (including phenoxy) is 4. The van der Waals surface area contributed by atoms with E-state index in [2.05, 4.69) is 0 Å². The highest BCUT2D eigenvalue weighted by Crippen LogP contribution is 2.46. The zero-order valence-corrected chi connectivity index (χ0v) is 22.6. The SMILES string of the molecule is Oc1ccc2c(CC3CO3)c(CC3CO3)c(O)c(Cc3c(O)c(CC4CO4)c(CC4CO4)c4ccc(O)cc34)c2c1. The van der Waals surface area contributed by atoms with Gasteiger partial charge in [0.1, 0.15) is 23.0 Å². The third-order valence-corrected chi connectivity index (χ3v) is 8.87. The second-order valence-electron chi connectivity index (χ2n) is 11.8. The summed E-state index contributed by atoms with van der Waals surface area (Å²) in [4.78, 5) is 0. The van der Waals surface area contributed by atoms with E-state index in [0.717, 1.165) is 43.8 Å². The van der Waals surface area contributed by atoms with E-state index < -0.39 is 0 Å². The van der Waals surface area contributed by atoms with Gasteiger partial charge >= 0.3 is 0 Å². The maximum absolute atomic E-state index is 11.9. The molecule has 0 saturated carbocycles. The molecule has 0 aromatic heterocycles. The molecule has 8 heteroatoms. The molecule has 41 heavy (non-hydrogen) atoms. The molecule has 4 unspecified atom stereocenters. The second kappa shape index (κ2) is 9.49. The normalized spacial score (nSPS) is 24.2.